The summed E-state index contributed by atoms with van der Waals surface area (Å²) in [5.41, 5.74) is 2.96. The summed E-state index contributed by atoms with van der Waals surface area (Å²) in [7, 11) is 0. The first-order valence-electron chi connectivity index (χ1n) is 11.5. The summed E-state index contributed by atoms with van der Waals surface area (Å²) in [6.07, 6.45) is 12.0. The minimum absolute atomic E-state index is 0.0227. The Morgan fingerprint density at radius 3 is 2.86 bits per heavy atom. The third kappa shape index (κ3) is 3.57. The maximum Gasteiger partial charge on any atom is 0.306 e. The molecule has 0 radical (unpaired) electrons. The molecule has 3 aliphatic rings. The van der Waals surface area contributed by atoms with Gasteiger partial charge in [0.1, 0.15) is 11.9 Å². The SMILES string of the molecule is CCCCCCC(=O)O[C@H]1CC[C@H]2[C@@H]3CCc4cc(O)ccc4[C@H]3CC[C@]12C. The zero-order valence-electron chi connectivity index (χ0n) is 17.6. The van der Waals surface area contributed by atoms with E-state index in [-0.39, 0.29) is 17.5 Å². The van der Waals surface area contributed by atoms with Gasteiger partial charge in [0.05, 0.1) is 0 Å². The summed E-state index contributed by atoms with van der Waals surface area (Å²) in [5, 5.41) is 9.84. The number of carbonyl (C=O) groups excluding carboxylic acids is 1. The second-order valence-corrected chi connectivity index (χ2v) is 9.71. The lowest BCUT2D eigenvalue weighted by Crippen LogP contribution is -2.45. The zero-order valence-corrected chi connectivity index (χ0v) is 17.6. The molecule has 0 aliphatic heterocycles. The summed E-state index contributed by atoms with van der Waals surface area (Å²) in [4.78, 5) is 12.4. The first-order valence-corrected chi connectivity index (χ1v) is 11.5. The van der Waals surface area contributed by atoms with E-state index in [1.165, 1.54) is 43.2 Å². The van der Waals surface area contributed by atoms with E-state index in [4.69, 9.17) is 4.74 Å². The molecule has 0 saturated heterocycles. The number of fused-ring (bicyclic) bond motifs is 5. The Balaban J connectivity index is 1.42. The minimum Gasteiger partial charge on any atom is -0.508 e. The Kier molecular flexibility index (Phi) is 5.71. The Labute approximate surface area is 169 Å². The first-order chi connectivity index (χ1) is 13.5. The molecule has 28 heavy (non-hydrogen) atoms. The number of phenolic OH excluding ortho intramolecular Hbond substituents is 1. The maximum absolute atomic E-state index is 12.4. The van der Waals surface area contributed by atoms with E-state index in [1.54, 1.807) is 0 Å². The van der Waals surface area contributed by atoms with Crippen LogP contribution in [0.15, 0.2) is 18.2 Å². The number of esters is 1. The molecule has 1 aromatic rings. The van der Waals surface area contributed by atoms with Crippen molar-refractivity contribution in [1.29, 1.82) is 0 Å². The van der Waals surface area contributed by atoms with Crippen molar-refractivity contribution in [3.63, 3.8) is 0 Å². The van der Waals surface area contributed by atoms with Crippen LogP contribution in [0.1, 0.15) is 95.1 Å². The molecule has 3 nitrogen and oxygen atoms in total. The van der Waals surface area contributed by atoms with Crippen molar-refractivity contribution >= 4 is 5.97 Å². The predicted molar refractivity (Wildman–Crippen MR) is 111 cm³/mol. The van der Waals surface area contributed by atoms with Gasteiger partial charge in [0.2, 0.25) is 0 Å². The van der Waals surface area contributed by atoms with Crippen LogP contribution in [0.25, 0.3) is 0 Å². The predicted octanol–water partition coefficient (Wildman–Crippen LogP) is 6.13. The second kappa shape index (κ2) is 8.08. The van der Waals surface area contributed by atoms with Crippen LogP contribution in [0.5, 0.6) is 5.75 Å². The normalized spacial score (nSPS) is 33.6. The van der Waals surface area contributed by atoms with E-state index in [9.17, 15) is 9.90 Å². The topological polar surface area (TPSA) is 46.5 Å². The highest BCUT2D eigenvalue weighted by atomic mass is 16.5. The van der Waals surface area contributed by atoms with Gasteiger partial charge in [-0.05, 0) is 86.0 Å². The average molecular weight is 385 g/mol. The lowest BCUT2D eigenvalue weighted by atomic mass is 9.55. The van der Waals surface area contributed by atoms with Gasteiger partial charge in [0.15, 0.2) is 0 Å². The third-order valence-corrected chi connectivity index (χ3v) is 8.13. The smallest absolute Gasteiger partial charge is 0.306 e. The van der Waals surface area contributed by atoms with Gasteiger partial charge in [-0.2, -0.15) is 0 Å². The van der Waals surface area contributed by atoms with Gasteiger partial charge >= 0.3 is 5.97 Å². The highest BCUT2D eigenvalue weighted by Crippen LogP contribution is 2.61. The second-order valence-electron chi connectivity index (χ2n) is 9.71. The van der Waals surface area contributed by atoms with Gasteiger partial charge in [-0.15, -0.1) is 0 Å². The summed E-state index contributed by atoms with van der Waals surface area (Å²) < 4.78 is 6.06. The number of carbonyl (C=O) groups is 1. The Hall–Kier alpha value is -1.51. The van der Waals surface area contributed by atoms with Gasteiger partial charge in [0.25, 0.3) is 0 Å². The number of hydrogen-bond acceptors (Lipinski definition) is 3. The van der Waals surface area contributed by atoms with Crippen LogP contribution in [-0.4, -0.2) is 17.2 Å². The van der Waals surface area contributed by atoms with Crippen molar-refractivity contribution in [2.75, 3.05) is 0 Å². The van der Waals surface area contributed by atoms with Crippen LogP contribution < -0.4 is 0 Å². The summed E-state index contributed by atoms with van der Waals surface area (Å²) >= 11 is 0. The van der Waals surface area contributed by atoms with Crippen LogP contribution in [0.4, 0.5) is 0 Å². The van der Waals surface area contributed by atoms with Crippen LogP contribution in [-0.2, 0) is 16.0 Å². The van der Waals surface area contributed by atoms with E-state index in [1.807, 2.05) is 12.1 Å². The fourth-order valence-electron chi connectivity index (χ4n) is 6.63. The highest BCUT2D eigenvalue weighted by molar-refractivity contribution is 5.69. The average Bonchev–Trinajstić information content (AvgIpc) is 3.01. The molecule has 0 aromatic heterocycles. The Bertz CT molecular complexity index is 712. The van der Waals surface area contributed by atoms with Gasteiger partial charge in [-0.25, -0.2) is 0 Å². The number of unbranched alkanes of at least 4 members (excludes halogenated alkanes) is 3. The van der Waals surface area contributed by atoms with Crippen LogP contribution in [0.2, 0.25) is 0 Å². The molecule has 0 amide bonds. The number of ether oxygens (including phenoxy) is 1. The van der Waals surface area contributed by atoms with E-state index >= 15 is 0 Å². The first kappa shape index (κ1) is 19.8. The van der Waals surface area contributed by atoms with Crippen molar-refractivity contribution < 1.29 is 14.6 Å². The number of hydrogen-bond donors (Lipinski definition) is 1. The Morgan fingerprint density at radius 1 is 1.18 bits per heavy atom. The summed E-state index contributed by atoms with van der Waals surface area (Å²) in [6, 6.07) is 5.98. The lowest BCUT2D eigenvalue weighted by molar-refractivity contribution is -0.157. The van der Waals surface area contributed by atoms with Crippen molar-refractivity contribution in [1.82, 2.24) is 0 Å². The number of aryl methyl sites for hydroxylation is 1. The van der Waals surface area contributed by atoms with Gasteiger partial charge in [-0.1, -0.05) is 39.2 Å². The monoisotopic (exact) mass is 384 g/mol. The number of benzene rings is 1. The molecule has 154 valence electrons. The lowest BCUT2D eigenvalue weighted by Gasteiger charge is -2.50. The molecule has 4 rings (SSSR count). The van der Waals surface area contributed by atoms with Crippen LogP contribution in [0.3, 0.4) is 0 Å². The number of rotatable bonds is 6. The fraction of sp³-hybridized carbons (Fsp3) is 0.720. The molecule has 1 aromatic carbocycles. The van der Waals surface area contributed by atoms with Crippen molar-refractivity contribution in [3.05, 3.63) is 29.3 Å². The van der Waals surface area contributed by atoms with E-state index in [2.05, 4.69) is 19.9 Å². The van der Waals surface area contributed by atoms with E-state index < -0.39 is 0 Å². The van der Waals surface area contributed by atoms with Crippen molar-refractivity contribution in [2.45, 2.75) is 96.5 Å². The fourth-order valence-corrected chi connectivity index (χ4v) is 6.63. The Morgan fingerprint density at radius 2 is 2.04 bits per heavy atom. The molecule has 2 fully saturated rings. The van der Waals surface area contributed by atoms with E-state index in [0.717, 1.165) is 32.1 Å². The molecular formula is C25H36O3. The van der Waals surface area contributed by atoms with Gasteiger partial charge in [0, 0.05) is 11.8 Å². The molecule has 2 saturated carbocycles. The molecule has 3 heteroatoms. The largest absolute Gasteiger partial charge is 0.508 e. The molecule has 0 bridgehead atoms. The molecule has 3 aliphatic carbocycles. The molecular weight excluding hydrogens is 348 g/mol. The van der Waals surface area contributed by atoms with Gasteiger partial charge in [-0.3, -0.25) is 4.79 Å². The minimum atomic E-state index is 0.0227. The molecule has 5 atom stereocenters. The van der Waals surface area contributed by atoms with Crippen molar-refractivity contribution in [3.8, 4) is 5.75 Å². The third-order valence-electron chi connectivity index (χ3n) is 8.13. The van der Waals surface area contributed by atoms with Crippen LogP contribution >= 0.6 is 0 Å². The summed E-state index contributed by atoms with van der Waals surface area (Å²) in [5.74, 6) is 2.39. The van der Waals surface area contributed by atoms with E-state index in [0.29, 0.717) is 29.9 Å². The van der Waals surface area contributed by atoms with Gasteiger partial charge < -0.3 is 9.84 Å². The molecule has 0 heterocycles. The number of phenols is 1. The highest BCUT2D eigenvalue weighted by Gasteiger charge is 2.56. The summed E-state index contributed by atoms with van der Waals surface area (Å²) in [6.45, 7) is 4.59. The van der Waals surface area contributed by atoms with Crippen LogP contribution in [0, 0.1) is 17.3 Å². The van der Waals surface area contributed by atoms with Crippen molar-refractivity contribution in [2.24, 2.45) is 17.3 Å². The molecule has 0 unspecified atom stereocenters. The maximum atomic E-state index is 12.4. The number of aromatic hydroxyl groups is 1. The quantitative estimate of drug-likeness (QED) is 0.474. The molecule has 0 spiro atoms. The zero-order chi connectivity index (χ0) is 19.7. The standard InChI is InChI=1S/C25H36O3/c1-3-4-5-6-7-24(27)28-23-13-12-22-21-10-8-17-16-18(26)9-11-19(17)20(21)14-15-25(22,23)2/h9,11,16,20-23,26H,3-8,10,12-15H2,1-2H3/t20-,21-,22+,23+,25+/m1/s1. The molecule has 1 N–H and O–H groups in total.